The molecule has 2 aromatic rings. The molecule has 1 saturated carbocycles. The summed E-state index contributed by atoms with van der Waals surface area (Å²) in [6.07, 6.45) is 9.98. The zero-order valence-electron chi connectivity index (χ0n) is 20.4. The first-order chi connectivity index (χ1) is 16.6. The van der Waals surface area contributed by atoms with Gasteiger partial charge in [0.1, 0.15) is 11.6 Å². The molecular formula is C27H38N6O. The fraction of sp³-hybridized carbons (Fsp3) is 0.593. The highest BCUT2D eigenvalue weighted by molar-refractivity contribution is 5.63. The molecule has 0 radical (unpaired) electrons. The smallest absolute Gasteiger partial charge is 0.125 e. The van der Waals surface area contributed by atoms with E-state index in [1.807, 2.05) is 18.3 Å². The molecule has 3 fully saturated rings. The maximum atomic E-state index is 9.89. The Balaban J connectivity index is 1.10. The van der Waals surface area contributed by atoms with Gasteiger partial charge in [0.25, 0.3) is 0 Å². The number of aryl methyl sites for hydroxylation is 1. The van der Waals surface area contributed by atoms with Gasteiger partial charge in [-0.05, 0) is 79.8 Å². The molecule has 4 atom stereocenters. The number of H-pyrrole nitrogens is 1. The molecule has 7 heteroatoms. The number of likely N-dealkylation sites (N-methyl/N-ethyl adjacent to an activating group) is 1. The minimum atomic E-state index is 0.233. The second-order valence-corrected chi connectivity index (χ2v) is 10.8. The molecule has 7 nitrogen and oxygen atoms in total. The van der Waals surface area contributed by atoms with Crippen molar-refractivity contribution in [2.45, 2.75) is 63.1 Å². The van der Waals surface area contributed by atoms with E-state index in [2.05, 4.69) is 51.7 Å². The van der Waals surface area contributed by atoms with Gasteiger partial charge in [-0.2, -0.15) is 0 Å². The van der Waals surface area contributed by atoms with Crippen LogP contribution in [0.2, 0.25) is 0 Å². The fourth-order valence-electron chi connectivity index (χ4n) is 6.73. The van der Waals surface area contributed by atoms with Crippen molar-refractivity contribution in [2.24, 2.45) is 5.92 Å². The van der Waals surface area contributed by atoms with E-state index in [1.165, 1.54) is 48.3 Å². The summed E-state index contributed by atoms with van der Waals surface area (Å²) >= 11 is 0. The van der Waals surface area contributed by atoms with Crippen molar-refractivity contribution >= 4 is 5.57 Å². The molecule has 4 heterocycles. The summed E-state index contributed by atoms with van der Waals surface area (Å²) in [7, 11) is 2.20. The molecule has 0 spiro atoms. The first-order valence-electron chi connectivity index (χ1n) is 13.1. The first kappa shape index (κ1) is 22.3. The topological polar surface area (TPSA) is 79.5 Å². The quantitative estimate of drug-likeness (QED) is 0.547. The Morgan fingerprint density at radius 2 is 2.06 bits per heavy atom. The Morgan fingerprint density at radius 3 is 2.82 bits per heavy atom. The second-order valence-electron chi connectivity index (χ2n) is 10.8. The number of phenolic OH excluding ortho intramolecular Hbond substituents is 1. The van der Waals surface area contributed by atoms with Crippen LogP contribution in [0, 0.1) is 5.92 Å². The number of nitrogens with zero attached hydrogens (tertiary/aromatic N) is 3. The Labute approximate surface area is 202 Å². The number of phenols is 1. The molecule has 0 amide bonds. The number of rotatable bonds is 5. The minimum absolute atomic E-state index is 0.233. The van der Waals surface area contributed by atoms with Gasteiger partial charge in [-0.15, -0.1) is 0 Å². The standard InChI is InChI=1S/C27H38N6O/c1-3-17-12-21(34)5-7-22(17)19-4-6-23-24(13-19)30-31-26(23)27-28-14-25(29-27)18-8-10-33(11-9-18)20-15-32(2)16-20/h5,7-8,12,14,19-20,23-24,26,30-31,34H,3-4,6,9-11,13,15-16H2,1-2H3,(H,28,29). The Morgan fingerprint density at radius 1 is 1.18 bits per heavy atom. The highest BCUT2D eigenvalue weighted by Crippen LogP contribution is 2.44. The maximum Gasteiger partial charge on any atom is 0.125 e. The summed E-state index contributed by atoms with van der Waals surface area (Å²) in [5.41, 5.74) is 12.5. The van der Waals surface area contributed by atoms with Crippen LogP contribution in [0.15, 0.2) is 30.5 Å². The number of aromatic nitrogens is 2. The van der Waals surface area contributed by atoms with Crippen LogP contribution in [-0.2, 0) is 6.42 Å². The highest BCUT2D eigenvalue weighted by Gasteiger charge is 2.42. The third-order valence-corrected chi connectivity index (χ3v) is 8.74. The Hall–Kier alpha value is -2.19. The fourth-order valence-corrected chi connectivity index (χ4v) is 6.73. The van der Waals surface area contributed by atoms with Crippen LogP contribution >= 0.6 is 0 Å². The van der Waals surface area contributed by atoms with E-state index in [0.29, 0.717) is 23.6 Å². The average molecular weight is 463 g/mol. The largest absolute Gasteiger partial charge is 0.508 e. The molecule has 4 unspecified atom stereocenters. The van der Waals surface area contributed by atoms with E-state index in [0.717, 1.165) is 44.2 Å². The van der Waals surface area contributed by atoms with Crippen LogP contribution in [0.25, 0.3) is 5.57 Å². The summed E-state index contributed by atoms with van der Waals surface area (Å²) in [6, 6.07) is 7.34. The molecule has 1 aromatic carbocycles. The molecule has 2 saturated heterocycles. The lowest BCUT2D eigenvalue weighted by Crippen LogP contribution is -2.58. The molecule has 6 rings (SSSR count). The van der Waals surface area contributed by atoms with Crippen LogP contribution in [0.3, 0.4) is 0 Å². The van der Waals surface area contributed by atoms with Gasteiger partial charge in [-0.25, -0.2) is 10.4 Å². The number of nitrogens with one attached hydrogen (secondary N) is 3. The molecule has 4 aliphatic rings. The molecule has 182 valence electrons. The summed E-state index contributed by atoms with van der Waals surface area (Å²) in [6.45, 7) is 6.77. The number of aromatic hydroxyl groups is 1. The van der Waals surface area contributed by atoms with Crippen molar-refractivity contribution in [3.8, 4) is 5.75 Å². The van der Waals surface area contributed by atoms with Crippen molar-refractivity contribution in [3.05, 3.63) is 53.1 Å². The summed E-state index contributed by atoms with van der Waals surface area (Å²) in [4.78, 5) is 13.5. The Bertz CT molecular complexity index is 1060. The molecule has 34 heavy (non-hydrogen) atoms. The van der Waals surface area contributed by atoms with Crippen molar-refractivity contribution in [3.63, 3.8) is 0 Å². The van der Waals surface area contributed by atoms with Crippen molar-refractivity contribution in [2.75, 3.05) is 33.2 Å². The normalized spacial score (nSPS) is 30.7. The Kier molecular flexibility index (Phi) is 5.97. The maximum absolute atomic E-state index is 9.89. The van der Waals surface area contributed by atoms with Crippen molar-refractivity contribution in [1.29, 1.82) is 0 Å². The van der Waals surface area contributed by atoms with Crippen LogP contribution in [0.1, 0.15) is 67.2 Å². The van der Waals surface area contributed by atoms with Crippen LogP contribution in [0.5, 0.6) is 5.75 Å². The van der Waals surface area contributed by atoms with Crippen LogP contribution in [-0.4, -0.2) is 70.2 Å². The van der Waals surface area contributed by atoms with Gasteiger partial charge in [-0.3, -0.25) is 10.3 Å². The first-order valence-corrected chi connectivity index (χ1v) is 13.1. The molecule has 3 aliphatic heterocycles. The van der Waals surface area contributed by atoms with E-state index >= 15 is 0 Å². The summed E-state index contributed by atoms with van der Waals surface area (Å²) in [5.74, 6) is 2.53. The van der Waals surface area contributed by atoms with Crippen LogP contribution in [0.4, 0.5) is 0 Å². The molecule has 1 aliphatic carbocycles. The minimum Gasteiger partial charge on any atom is -0.508 e. The predicted octanol–water partition coefficient (Wildman–Crippen LogP) is 3.18. The van der Waals surface area contributed by atoms with Gasteiger partial charge in [0.05, 0.1) is 17.9 Å². The summed E-state index contributed by atoms with van der Waals surface area (Å²) < 4.78 is 0. The zero-order chi connectivity index (χ0) is 23.2. The number of benzene rings is 1. The van der Waals surface area contributed by atoms with E-state index in [1.54, 1.807) is 0 Å². The van der Waals surface area contributed by atoms with E-state index < -0.39 is 0 Å². The number of imidazole rings is 1. The number of fused-ring (bicyclic) bond motifs is 1. The monoisotopic (exact) mass is 462 g/mol. The van der Waals surface area contributed by atoms with Gasteiger partial charge in [-0.1, -0.05) is 19.1 Å². The highest BCUT2D eigenvalue weighted by atomic mass is 16.3. The lowest BCUT2D eigenvalue weighted by Gasteiger charge is -2.44. The van der Waals surface area contributed by atoms with Gasteiger partial charge < -0.3 is 15.0 Å². The van der Waals surface area contributed by atoms with Gasteiger partial charge >= 0.3 is 0 Å². The van der Waals surface area contributed by atoms with E-state index in [4.69, 9.17) is 4.98 Å². The lowest BCUT2D eigenvalue weighted by atomic mass is 9.73. The van der Waals surface area contributed by atoms with Crippen molar-refractivity contribution < 1.29 is 5.11 Å². The number of hydrogen-bond acceptors (Lipinski definition) is 6. The van der Waals surface area contributed by atoms with E-state index in [-0.39, 0.29) is 6.04 Å². The lowest BCUT2D eigenvalue weighted by molar-refractivity contribution is 0.0599. The van der Waals surface area contributed by atoms with Gasteiger partial charge in [0, 0.05) is 38.3 Å². The third kappa shape index (κ3) is 4.09. The number of aromatic amines is 1. The molecule has 4 N–H and O–H groups in total. The second kappa shape index (κ2) is 9.11. The third-order valence-electron chi connectivity index (χ3n) is 8.74. The molecule has 0 bridgehead atoms. The molecule has 1 aromatic heterocycles. The number of hydrazine groups is 1. The van der Waals surface area contributed by atoms with Crippen LogP contribution < -0.4 is 10.9 Å². The SMILES string of the molecule is CCc1cc(O)ccc1C1CCC2C(C1)NNC2c1ncc(C2=CCN(C3CN(C)C3)CC2)[nH]1. The molecular weight excluding hydrogens is 424 g/mol. The summed E-state index contributed by atoms with van der Waals surface area (Å²) in [5, 5.41) is 9.89. The predicted molar refractivity (Wildman–Crippen MR) is 134 cm³/mol. The average Bonchev–Trinajstić information content (AvgIpc) is 3.49. The van der Waals surface area contributed by atoms with Gasteiger partial charge in [0.2, 0.25) is 0 Å². The number of likely N-dealkylation sites (tertiary alicyclic amines) is 1. The van der Waals surface area contributed by atoms with E-state index in [9.17, 15) is 5.11 Å². The van der Waals surface area contributed by atoms with Gasteiger partial charge in [0.15, 0.2) is 0 Å². The number of hydrogen-bond donors (Lipinski definition) is 4. The zero-order valence-corrected chi connectivity index (χ0v) is 20.4. The van der Waals surface area contributed by atoms with Crippen molar-refractivity contribution in [1.82, 2.24) is 30.6 Å².